The van der Waals surface area contributed by atoms with E-state index in [4.69, 9.17) is 15.6 Å². The van der Waals surface area contributed by atoms with Crippen molar-refractivity contribution >= 4 is 34.2 Å². The number of ether oxygens (including phenoxy) is 1. The molecule has 1 saturated heterocycles. The van der Waals surface area contributed by atoms with Gasteiger partial charge in [0.2, 0.25) is 5.91 Å². The molecule has 1 aromatic heterocycles. The number of fused-ring (bicyclic) bond motifs is 1. The minimum atomic E-state index is -4.51. The average Bonchev–Trinajstić information content (AvgIpc) is 3.24. The third kappa shape index (κ3) is 7.40. The number of carbonyl (C=O) groups is 2. The number of nitrogens with two attached hydrogens (primary N) is 1. The first-order valence-electron chi connectivity index (χ1n) is 12.7. The van der Waals surface area contributed by atoms with Crippen molar-refractivity contribution in [3.63, 3.8) is 0 Å². The lowest BCUT2D eigenvalue weighted by atomic mass is 10.0. The fourth-order valence-corrected chi connectivity index (χ4v) is 4.80. The zero-order valence-corrected chi connectivity index (χ0v) is 22.1. The summed E-state index contributed by atoms with van der Waals surface area (Å²) in [5.74, 6) is 4.22. The fourth-order valence-electron chi connectivity index (χ4n) is 4.80. The highest BCUT2D eigenvalue weighted by molar-refractivity contribution is 5.94. The number of anilines is 2. The third-order valence-electron chi connectivity index (χ3n) is 6.66. The van der Waals surface area contributed by atoms with E-state index in [1.54, 1.807) is 23.1 Å². The number of nitrogens with zero attached hydrogens (tertiary/aromatic N) is 2. The summed E-state index contributed by atoms with van der Waals surface area (Å²) in [4.78, 5) is 24.0. The molecule has 0 saturated carbocycles. The predicted octanol–water partition coefficient (Wildman–Crippen LogP) is 3.68. The molecular weight excluding hydrogens is 546 g/mol. The summed E-state index contributed by atoms with van der Waals surface area (Å²) in [6, 6.07) is 10.0. The number of methoxy groups -OCH3 is 1. The maximum atomic E-state index is 14.9. The van der Waals surface area contributed by atoms with Gasteiger partial charge in [-0.05, 0) is 48.7 Å². The van der Waals surface area contributed by atoms with Crippen LogP contribution in [-0.4, -0.2) is 78.1 Å². The van der Waals surface area contributed by atoms with Gasteiger partial charge in [-0.2, -0.15) is 13.2 Å². The van der Waals surface area contributed by atoms with Crippen molar-refractivity contribution in [1.82, 2.24) is 9.47 Å². The van der Waals surface area contributed by atoms with Gasteiger partial charge in [0.1, 0.15) is 18.5 Å². The van der Waals surface area contributed by atoms with E-state index in [1.807, 2.05) is 0 Å². The van der Waals surface area contributed by atoms with Crippen LogP contribution in [0.15, 0.2) is 42.5 Å². The topological polar surface area (TPSA) is 122 Å². The number of carboxylic acids is 1. The molecule has 0 aliphatic carbocycles. The number of halogens is 4. The zero-order valence-electron chi connectivity index (χ0n) is 22.1. The maximum Gasteiger partial charge on any atom is 0.406 e. The monoisotopic (exact) mass is 575 g/mol. The number of nitrogens with one attached hydrogen (secondary N) is 2. The van der Waals surface area contributed by atoms with Gasteiger partial charge >= 0.3 is 12.1 Å². The lowest BCUT2D eigenvalue weighted by Crippen LogP contribution is -2.49. The van der Waals surface area contributed by atoms with Crippen LogP contribution in [0.4, 0.5) is 28.9 Å². The number of hydrogen-bond acceptors (Lipinski definition) is 6. The quantitative estimate of drug-likeness (QED) is 0.227. The molecule has 2 atom stereocenters. The lowest BCUT2D eigenvalue weighted by Gasteiger charge is -2.35. The SMILES string of the molecule is COc1cc(C(=O)O)ccc1NCC#Cc1cc2c(N[C@@H]3CCN(CC(N)=O)C[C@@H]3F)cccc2n1CC(F)(F)F. The Kier molecular flexibility index (Phi) is 8.92. The lowest BCUT2D eigenvalue weighted by molar-refractivity contribution is -0.140. The van der Waals surface area contributed by atoms with Gasteiger partial charge in [-0.1, -0.05) is 12.0 Å². The largest absolute Gasteiger partial charge is 0.495 e. The van der Waals surface area contributed by atoms with Crippen LogP contribution in [0.25, 0.3) is 10.9 Å². The van der Waals surface area contributed by atoms with Crippen LogP contribution in [0, 0.1) is 11.8 Å². The molecule has 2 heterocycles. The first kappa shape index (κ1) is 29.5. The van der Waals surface area contributed by atoms with Crippen molar-refractivity contribution < 1.29 is 37.0 Å². The van der Waals surface area contributed by atoms with E-state index in [0.717, 1.165) is 4.57 Å². The summed E-state index contributed by atoms with van der Waals surface area (Å²) in [5, 5.41) is 15.7. The van der Waals surface area contributed by atoms with Gasteiger partial charge in [0, 0.05) is 24.2 Å². The Morgan fingerprint density at radius 3 is 2.63 bits per heavy atom. The summed E-state index contributed by atoms with van der Waals surface area (Å²) < 4.78 is 61.8. The Morgan fingerprint density at radius 2 is 1.98 bits per heavy atom. The number of primary amides is 1. The number of carbonyl (C=O) groups excluding carboxylic acids is 1. The number of rotatable bonds is 9. The maximum absolute atomic E-state index is 14.9. The van der Waals surface area contributed by atoms with Gasteiger partial charge in [0.05, 0.1) is 48.7 Å². The second-order valence-electron chi connectivity index (χ2n) is 9.60. The highest BCUT2D eigenvalue weighted by Gasteiger charge is 2.32. The second kappa shape index (κ2) is 12.4. The number of benzene rings is 2. The van der Waals surface area contributed by atoms with Crippen LogP contribution < -0.4 is 21.1 Å². The van der Waals surface area contributed by atoms with Gasteiger partial charge in [-0.15, -0.1) is 0 Å². The van der Waals surface area contributed by atoms with Crippen LogP contribution in [0.3, 0.4) is 0 Å². The molecule has 5 N–H and O–H groups in total. The van der Waals surface area contributed by atoms with E-state index >= 15 is 0 Å². The van der Waals surface area contributed by atoms with Crippen molar-refractivity contribution in [2.45, 2.75) is 31.4 Å². The van der Waals surface area contributed by atoms with E-state index < -0.39 is 36.8 Å². The van der Waals surface area contributed by atoms with E-state index in [1.165, 1.54) is 31.4 Å². The van der Waals surface area contributed by atoms with Crippen molar-refractivity contribution in [2.24, 2.45) is 5.73 Å². The molecule has 218 valence electrons. The smallest absolute Gasteiger partial charge is 0.406 e. The number of aromatic nitrogens is 1. The summed E-state index contributed by atoms with van der Waals surface area (Å²) in [6.45, 7) is -0.812. The van der Waals surface area contributed by atoms with E-state index in [0.29, 0.717) is 29.7 Å². The molecule has 1 aliphatic rings. The minimum Gasteiger partial charge on any atom is -0.495 e. The molecule has 9 nitrogen and oxygen atoms in total. The molecule has 3 aromatic rings. The highest BCUT2D eigenvalue weighted by atomic mass is 19.4. The Balaban J connectivity index is 1.57. The minimum absolute atomic E-state index is 0.0131. The summed E-state index contributed by atoms with van der Waals surface area (Å²) in [7, 11) is 1.38. The summed E-state index contributed by atoms with van der Waals surface area (Å²) in [6.07, 6.45) is -5.45. The molecule has 0 unspecified atom stereocenters. The molecule has 2 aromatic carbocycles. The van der Waals surface area contributed by atoms with Crippen molar-refractivity contribution in [3.8, 4) is 17.6 Å². The Labute approximate surface area is 233 Å². The number of piperidine rings is 1. The van der Waals surface area contributed by atoms with E-state index in [-0.39, 0.29) is 42.2 Å². The van der Waals surface area contributed by atoms with Crippen LogP contribution in [-0.2, 0) is 11.3 Å². The van der Waals surface area contributed by atoms with Gasteiger partial charge in [-0.25, -0.2) is 9.18 Å². The van der Waals surface area contributed by atoms with Gasteiger partial charge in [0.25, 0.3) is 0 Å². The Bertz CT molecular complexity index is 1490. The van der Waals surface area contributed by atoms with Gasteiger partial charge in [-0.3, -0.25) is 9.69 Å². The summed E-state index contributed by atoms with van der Waals surface area (Å²) in [5.41, 5.74) is 6.60. The van der Waals surface area contributed by atoms with E-state index in [9.17, 15) is 27.2 Å². The molecule has 1 aliphatic heterocycles. The molecule has 13 heteroatoms. The third-order valence-corrected chi connectivity index (χ3v) is 6.66. The first-order chi connectivity index (χ1) is 19.4. The molecule has 0 radical (unpaired) electrons. The standard InChI is InChI=1S/C28H29F4N5O4/c1-41-25-12-17(27(39)40)7-8-23(25)34-10-3-4-18-13-19-21(5-2-6-24(19)37(18)16-28(30,31)32)35-22-9-11-36(14-20(22)29)15-26(33)38/h2,5-8,12-13,20,22,34-35H,9-11,14-16H2,1H3,(H2,33,38)(H,39,40)/t20-,22+/m0/s1. The zero-order chi connectivity index (χ0) is 29.7. The van der Waals surface area contributed by atoms with Crippen LogP contribution in [0.2, 0.25) is 0 Å². The number of amides is 1. The summed E-state index contributed by atoms with van der Waals surface area (Å²) >= 11 is 0. The Hall–Kier alpha value is -4.44. The molecule has 41 heavy (non-hydrogen) atoms. The van der Waals surface area contributed by atoms with Crippen molar-refractivity contribution in [2.75, 3.05) is 43.9 Å². The van der Waals surface area contributed by atoms with Crippen LogP contribution >= 0.6 is 0 Å². The predicted molar refractivity (Wildman–Crippen MR) is 146 cm³/mol. The molecule has 1 amide bonds. The Morgan fingerprint density at radius 1 is 1.20 bits per heavy atom. The van der Waals surface area contributed by atoms with E-state index in [2.05, 4.69) is 22.5 Å². The van der Waals surface area contributed by atoms with Crippen molar-refractivity contribution in [1.29, 1.82) is 0 Å². The van der Waals surface area contributed by atoms with Crippen molar-refractivity contribution in [3.05, 3.63) is 53.7 Å². The van der Waals surface area contributed by atoms with Crippen LogP contribution in [0.1, 0.15) is 22.5 Å². The number of aromatic carboxylic acids is 1. The number of hydrogen-bond donors (Lipinski definition) is 4. The second-order valence-corrected chi connectivity index (χ2v) is 9.60. The van der Waals surface area contributed by atoms with Gasteiger partial charge < -0.3 is 30.8 Å². The number of carboxylic acid groups (broad SMARTS) is 1. The molecule has 4 rings (SSSR count). The van der Waals surface area contributed by atoms with Gasteiger partial charge in [0.15, 0.2) is 0 Å². The fraction of sp³-hybridized carbons (Fsp3) is 0.357. The molecule has 0 bridgehead atoms. The first-order valence-corrected chi connectivity index (χ1v) is 12.7. The average molecular weight is 576 g/mol. The number of alkyl halides is 4. The molecule has 0 spiro atoms. The molecule has 1 fully saturated rings. The highest BCUT2D eigenvalue weighted by Crippen LogP contribution is 2.32. The van der Waals surface area contributed by atoms with Crippen LogP contribution in [0.5, 0.6) is 5.75 Å². The normalized spacial score (nSPS) is 17.5. The molecular formula is C28H29F4N5O4. The number of likely N-dealkylation sites (tertiary alicyclic amines) is 1.